The summed E-state index contributed by atoms with van der Waals surface area (Å²) in [5.41, 5.74) is 2.26. The molecule has 0 aromatic carbocycles. The lowest BCUT2D eigenvalue weighted by Gasteiger charge is -2.18. The summed E-state index contributed by atoms with van der Waals surface area (Å²) in [6.45, 7) is 1.00. The van der Waals surface area contributed by atoms with Gasteiger partial charge in [-0.2, -0.15) is 0 Å². The first kappa shape index (κ1) is 39.6. The summed E-state index contributed by atoms with van der Waals surface area (Å²) in [6, 6.07) is -1.06. The minimum atomic E-state index is -2.74. The normalized spacial score (nSPS) is 10.2. The van der Waals surface area contributed by atoms with Gasteiger partial charge in [-0.05, 0) is 6.42 Å². The Balaban J connectivity index is -0.000000204. The van der Waals surface area contributed by atoms with E-state index in [9.17, 15) is 43.2 Å². The summed E-state index contributed by atoms with van der Waals surface area (Å²) in [5, 5.41) is 73.5. The van der Waals surface area contributed by atoms with Gasteiger partial charge in [0.05, 0.1) is 25.7 Å². The molecule has 11 N–H and O–H groups in total. The smallest absolute Gasteiger partial charge is 0.371 e. The molecule has 0 aliphatic rings. The van der Waals surface area contributed by atoms with E-state index in [2.05, 4.69) is 0 Å². The van der Waals surface area contributed by atoms with Crippen molar-refractivity contribution < 1.29 is 89.1 Å². The van der Waals surface area contributed by atoms with Crippen LogP contribution in [-0.4, -0.2) is 111 Å². The van der Waals surface area contributed by atoms with Crippen molar-refractivity contribution in [2.24, 2.45) is 5.73 Å². The average molecular weight is 545 g/mol. The molecule has 0 fully saturated rings. The Bertz CT molecular complexity index is 806. The van der Waals surface area contributed by atoms with Gasteiger partial charge in [-0.15, -0.1) is 0 Å². The lowest BCUT2D eigenvalue weighted by atomic mass is 9.96. The predicted molar refractivity (Wildman–Crippen MR) is 112 cm³/mol. The highest BCUT2D eigenvalue weighted by Gasteiger charge is 2.40. The van der Waals surface area contributed by atoms with Crippen molar-refractivity contribution in [2.45, 2.75) is 57.1 Å². The fourth-order valence-electron chi connectivity index (χ4n) is 1.33. The Kier molecular flexibility index (Phi) is 22.1. The Morgan fingerprint density at radius 2 is 0.919 bits per heavy atom. The quantitative estimate of drug-likeness (QED) is 0.108. The monoisotopic (exact) mass is 545 g/mol. The number of carboxylic acid groups (broad SMARTS) is 8. The zero-order valence-corrected chi connectivity index (χ0v) is 19.1. The number of aliphatic carboxylic acids is 8. The van der Waals surface area contributed by atoms with E-state index in [4.69, 9.17) is 51.7 Å². The predicted octanol–water partition coefficient (Wildman–Crippen LogP) is -2.39. The molecule has 0 bridgehead atoms. The van der Waals surface area contributed by atoms with Crippen LogP contribution in [0.1, 0.15) is 45.4 Å². The van der Waals surface area contributed by atoms with Crippen molar-refractivity contribution in [3.05, 3.63) is 0 Å². The number of hydrogen-bond donors (Lipinski definition) is 10. The number of ketones is 1. The lowest BCUT2D eigenvalue weighted by molar-refractivity contribution is -0.170. The van der Waals surface area contributed by atoms with E-state index >= 15 is 0 Å². The second-order valence-electron chi connectivity index (χ2n) is 6.50. The zero-order valence-electron chi connectivity index (χ0n) is 19.1. The molecular weight excluding hydrogens is 518 g/mol. The maximum atomic E-state index is 10.3. The second kappa shape index (κ2) is 20.7. The lowest BCUT2D eigenvalue weighted by Crippen LogP contribution is -2.42. The molecular formula is C18H27NO18. The molecule has 19 heteroatoms. The summed E-state index contributed by atoms with van der Waals surface area (Å²) in [5.74, 6) is -11.6. The van der Waals surface area contributed by atoms with E-state index in [-0.39, 0.29) is 25.7 Å². The Labute approximate surface area is 206 Å². The van der Waals surface area contributed by atoms with Gasteiger partial charge in [0.2, 0.25) is 5.78 Å². The van der Waals surface area contributed by atoms with Crippen LogP contribution in [0.3, 0.4) is 0 Å². The van der Waals surface area contributed by atoms with Crippen molar-refractivity contribution in [3.63, 3.8) is 0 Å². The van der Waals surface area contributed by atoms with E-state index in [1.807, 2.05) is 0 Å². The molecule has 0 spiro atoms. The van der Waals surface area contributed by atoms with Gasteiger partial charge in [0.15, 0.2) is 5.60 Å². The van der Waals surface area contributed by atoms with Crippen molar-refractivity contribution in [1.29, 1.82) is 0 Å². The number of carbonyl (C=O) groups is 9. The van der Waals surface area contributed by atoms with E-state index in [0.29, 0.717) is 0 Å². The van der Waals surface area contributed by atoms with E-state index in [0.717, 1.165) is 6.92 Å². The van der Waals surface area contributed by atoms with Crippen LogP contribution in [0.5, 0.6) is 0 Å². The number of carbonyl (C=O) groups excluding carboxylic acids is 1. The third kappa shape index (κ3) is 31.4. The van der Waals surface area contributed by atoms with Crippen molar-refractivity contribution in [1.82, 2.24) is 0 Å². The topological polar surface area (TPSA) is 362 Å². The molecule has 0 aliphatic carbocycles. The van der Waals surface area contributed by atoms with Crippen LogP contribution in [0.25, 0.3) is 0 Å². The Hall–Kier alpha value is -4.65. The first-order chi connectivity index (χ1) is 16.6. The molecule has 0 saturated heterocycles. The number of carboxylic acids is 8. The SMILES string of the molecule is CC(=O)C(=O)O.N[C@@H](CCC(=O)O)C(=O)O.O=C(O)CC(O)(CC(=O)O)C(=O)O.O=C(O)CCC(=O)O. The van der Waals surface area contributed by atoms with Crippen LogP contribution in [0.4, 0.5) is 0 Å². The molecule has 1 atom stereocenters. The van der Waals surface area contributed by atoms with Gasteiger partial charge < -0.3 is 51.7 Å². The second-order valence-corrected chi connectivity index (χ2v) is 6.50. The molecule has 19 nitrogen and oxygen atoms in total. The molecule has 0 radical (unpaired) electrons. The maximum Gasteiger partial charge on any atom is 0.371 e. The Morgan fingerprint density at radius 3 is 1.08 bits per heavy atom. The van der Waals surface area contributed by atoms with Gasteiger partial charge in [0.1, 0.15) is 6.04 Å². The van der Waals surface area contributed by atoms with E-state index < -0.39 is 78.0 Å². The van der Waals surface area contributed by atoms with Gasteiger partial charge >= 0.3 is 47.8 Å². The maximum absolute atomic E-state index is 10.3. The standard InChI is InChI=1S/C6H8O7.C5H9NO4.C4H6O4.C3H4O3/c7-3(8)1-6(13,5(11)12)2-4(9)10;6-3(5(9)10)1-2-4(7)8;5-3(6)1-2-4(7)8;1-2(4)3(5)6/h13H,1-2H2,(H,7,8)(H,9,10)(H,11,12);3H,1-2,6H2,(H,7,8)(H,9,10);1-2H2,(H,5,6)(H,7,8);1H3,(H,5,6)/t;3-;;/m.0../s1. The molecule has 0 saturated carbocycles. The molecule has 0 aromatic heterocycles. The minimum Gasteiger partial charge on any atom is -0.481 e. The summed E-state index contributed by atoms with van der Waals surface area (Å²) in [6.07, 6.45) is -3.11. The first-order valence-corrected chi connectivity index (χ1v) is 9.35. The number of rotatable bonds is 13. The average Bonchev–Trinajstić information content (AvgIpc) is 2.70. The fourth-order valence-corrected chi connectivity index (χ4v) is 1.33. The molecule has 0 unspecified atom stereocenters. The number of hydrogen-bond acceptors (Lipinski definition) is 11. The molecule has 0 aromatic rings. The van der Waals surface area contributed by atoms with Gasteiger partial charge in [-0.1, -0.05) is 0 Å². The van der Waals surface area contributed by atoms with Crippen LogP contribution < -0.4 is 5.73 Å². The molecule has 212 valence electrons. The van der Waals surface area contributed by atoms with E-state index in [1.54, 1.807) is 0 Å². The number of nitrogens with two attached hydrogens (primary N) is 1. The van der Waals surface area contributed by atoms with Gasteiger partial charge in [-0.25, -0.2) is 9.59 Å². The van der Waals surface area contributed by atoms with Crippen molar-refractivity contribution in [3.8, 4) is 0 Å². The summed E-state index contributed by atoms with van der Waals surface area (Å²) in [4.78, 5) is 88.5. The van der Waals surface area contributed by atoms with Crippen molar-refractivity contribution in [2.75, 3.05) is 0 Å². The van der Waals surface area contributed by atoms with Crippen LogP contribution in [0.15, 0.2) is 0 Å². The highest BCUT2D eigenvalue weighted by molar-refractivity contribution is 6.31. The third-order valence-corrected chi connectivity index (χ3v) is 3.13. The largest absolute Gasteiger partial charge is 0.481 e. The van der Waals surface area contributed by atoms with Crippen LogP contribution in [0.2, 0.25) is 0 Å². The summed E-state index contributed by atoms with van der Waals surface area (Å²) in [7, 11) is 0. The summed E-state index contributed by atoms with van der Waals surface area (Å²) >= 11 is 0. The highest BCUT2D eigenvalue weighted by atomic mass is 16.4. The van der Waals surface area contributed by atoms with Crippen LogP contribution in [0, 0.1) is 0 Å². The van der Waals surface area contributed by atoms with Crippen LogP contribution in [-0.2, 0) is 43.2 Å². The van der Waals surface area contributed by atoms with Crippen molar-refractivity contribution >= 4 is 53.5 Å². The third-order valence-electron chi connectivity index (χ3n) is 3.13. The molecule has 0 heterocycles. The zero-order chi connectivity index (χ0) is 30.5. The van der Waals surface area contributed by atoms with Crippen LogP contribution >= 0.6 is 0 Å². The molecule has 0 rings (SSSR count). The van der Waals surface area contributed by atoms with Gasteiger partial charge in [-0.3, -0.25) is 33.6 Å². The molecule has 37 heavy (non-hydrogen) atoms. The molecule has 0 amide bonds. The number of aliphatic hydroxyl groups is 1. The highest BCUT2D eigenvalue weighted by Crippen LogP contribution is 2.15. The van der Waals surface area contributed by atoms with Gasteiger partial charge in [0.25, 0.3) is 0 Å². The number of Topliss-reactive ketones (excluding diaryl/α,β-unsaturated/α-hetero) is 1. The molecule has 0 aliphatic heterocycles. The minimum absolute atomic E-state index is 0.0231. The summed E-state index contributed by atoms with van der Waals surface area (Å²) < 4.78 is 0. The van der Waals surface area contributed by atoms with Gasteiger partial charge in [0, 0.05) is 13.3 Å². The Morgan fingerprint density at radius 1 is 0.622 bits per heavy atom. The van der Waals surface area contributed by atoms with E-state index in [1.165, 1.54) is 0 Å². The first-order valence-electron chi connectivity index (χ1n) is 9.35. The fraction of sp³-hybridized carbons (Fsp3) is 0.500.